The molecule has 1 fully saturated rings. The van der Waals surface area contributed by atoms with Gasteiger partial charge >= 0.3 is 0 Å². The highest BCUT2D eigenvalue weighted by molar-refractivity contribution is 7.08. The number of aryl methyl sites for hydroxylation is 1. The second kappa shape index (κ2) is 8.85. The van der Waals surface area contributed by atoms with Crippen LogP contribution in [0.3, 0.4) is 0 Å². The molecule has 26 heavy (non-hydrogen) atoms. The summed E-state index contributed by atoms with van der Waals surface area (Å²) in [4.78, 5) is 27.6. The Bertz CT molecular complexity index is 779. The highest BCUT2D eigenvalue weighted by Crippen LogP contribution is 2.25. The molecule has 0 N–H and O–H groups in total. The number of benzene rings is 1. The number of hydrogen-bond donors (Lipinski definition) is 0. The SMILES string of the molecule is Cc1nnsc1C(=O)N(CC1CCCCC1)C(=O)C=Cc1ccccc1. The fourth-order valence-corrected chi connectivity index (χ4v) is 3.88. The molecule has 0 aliphatic heterocycles. The Labute approximate surface area is 157 Å². The van der Waals surface area contributed by atoms with E-state index in [9.17, 15) is 9.59 Å². The van der Waals surface area contributed by atoms with Crippen LogP contribution in [0.1, 0.15) is 53.0 Å². The van der Waals surface area contributed by atoms with E-state index >= 15 is 0 Å². The molecule has 1 aliphatic carbocycles. The van der Waals surface area contributed by atoms with Gasteiger partial charge in [-0.15, -0.1) is 5.10 Å². The minimum Gasteiger partial charge on any atom is -0.274 e. The van der Waals surface area contributed by atoms with Crippen LogP contribution in [0.15, 0.2) is 36.4 Å². The van der Waals surface area contributed by atoms with Crippen molar-refractivity contribution in [2.45, 2.75) is 39.0 Å². The van der Waals surface area contributed by atoms with Crippen molar-refractivity contribution in [2.24, 2.45) is 5.92 Å². The van der Waals surface area contributed by atoms with Crippen LogP contribution in [0.4, 0.5) is 0 Å². The Morgan fingerprint density at radius 2 is 1.92 bits per heavy atom. The maximum Gasteiger partial charge on any atom is 0.274 e. The summed E-state index contributed by atoms with van der Waals surface area (Å²) in [6, 6.07) is 9.61. The summed E-state index contributed by atoms with van der Waals surface area (Å²) in [6.07, 6.45) is 8.95. The predicted molar refractivity (Wildman–Crippen MR) is 103 cm³/mol. The molecular formula is C20H23N3O2S. The Morgan fingerprint density at radius 3 is 2.58 bits per heavy atom. The second-order valence-electron chi connectivity index (χ2n) is 6.69. The molecular weight excluding hydrogens is 346 g/mol. The molecule has 2 amide bonds. The zero-order chi connectivity index (χ0) is 18.4. The number of imide groups is 1. The van der Waals surface area contributed by atoms with Gasteiger partial charge in [0.25, 0.3) is 11.8 Å². The van der Waals surface area contributed by atoms with Crippen LogP contribution in [0.2, 0.25) is 0 Å². The third-order valence-electron chi connectivity index (χ3n) is 4.74. The lowest BCUT2D eigenvalue weighted by Gasteiger charge is -2.27. The minimum absolute atomic E-state index is 0.280. The number of aromatic nitrogens is 2. The first kappa shape index (κ1) is 18.5. The third-order valence-corrected chi connectivity index (χ3v) is 5.56. The van der Waals surface area contributed by atoms with Crippen LogP contribution in [-0.4, -0.2) is 32.8 Å². The number of rotatable bonds is 5. The molecule has 0 radical (unpaired) electrons. The summed E-state index contributed by atoms with van der Waals surface area (Å²) in [5.41, 5.74) is 1.51. The van der Waals surface area contributed by atoms with Crippen LogP contribution < -0.4 is 0 Å². The molecule has 1 aromatic heterocycles. The minimum atomic E-state index is -0.286. The van der Waals surface area contributed by atoms with Crippen molar-refractivity contribution in [1.29, 1.82) is 0 Å². The van der Waals surface area contributed by atoms with Gasteiger partial charge in [0.05, 0.1) is 5.69 Å². The zero-order valence-electron chi connectivity index (χ0n) is 14.9. The molecule has 2 aromatic rings. The van der Waals surface area contributed by atoms with Crippen LogP contribution in [0.25, 0.3) is 6.08 Å². The summed E-state index contributed by atoms with van der Waals surface area (Å²) in [6.45, 7) is 2.22. The Morgan fingerprint density at radius 1 is 1.19 bits per heavy atom. The van der Waals surface area contributed by atoms with Crippen LogP contribution in [0, 0.1) is 12.8 Å². The van der Waals surface area contributed by atoms with E-state index in [2.05, 4.69) is 9.59 Å². The number of amides is 2. The Kier molecular flexibility index (Phi) is 6.28. The third kappa shape index (κ3) is 4.64. The highest BCUT2D eigenvalue weighted by Gasteiger charge is 2.28. The van der Waals surface area contributed by atoms with Gasteiger partial charge in [0.1, 0.15) is 4.88 Å². The van der Waals surface area contributed by atoms with E-state index in [1.165, 1.54) is 30.2 Å². The second-order valence-corrected chi connectivity index (χ2v) is 7.44. The molecule has 1 heterocycles. The van der Waals surface area contributed by atoms with Crippen molar-refractivity contribution in [3.63, 3.8) is 0 Å². The maximum absolute atomic E-state index is 13.0. The van der Waals surface area contributed by atoms with Crippen LogP contribution in [-0.2, 0) is 4.79 Å². The first-order chi connectivity index (χ1) is 12.6. The molecule has 1 saturated carbocycles. The fourth-order valence-electron chi connectivity index (χ4n) is 3.27. The van der Waals surface area contributed by atoms with Gasteiger partial charge in [-0.25, -0.2) is 0 Å². The van der Waals surface area contributed by atoms with Crippen molar-refractivity contribution in [3.05, 3.63) is 52.5 Å². The van der Waals surface area contributed by atoms with Crippen molar-refractivity contribution < 1.29 is 9.59 Å². The lowest BCUT2D eigenvalue weighted by Crippen LogP contribution is -2.39. The van der Waals surface area contributed by atoms with Gasteiger partial charge in [-0.05, 0) is 48.9 Å². The average Bonchev–Trinajstić information content (AvgIpc) is 3.11. The molecule has 1 aromatic carbocycles. The lowest BCUT2D eigenvalue weighted by atomic mass is 9.89. The topological polar surface area (TPSA) is 63.2 Å². The van der Waals surface area contributed by atoms with Crippen molar-refractivity contribution in [1.82, 2.24) is 14.5 Å². The summed E-state index contributed by atoms with van der Waals surface area (Å²) in [7, 11) is 0. The highest BCUT2D eigenvalue weighted by atomic mass is 32.1. The molecule has 3 rings (SSSR count). The Balaban J connectivity index is 1.79. The van der Waals surface area contributed by atoms with E-state index in [-0.39, 0.29) is 11.8 Å². The molecule has 5 nitrogen and oxygen atoms in total. The lowest BCUT2D eigenvalue weighted by molar-refractivity contribution is -0.124. The van der Waals surface area contributed by atoms with E-state index in [0.717, 1.165) is 29.9 Å². The summed E-state index contributed by atoms with van der Waals surface area (Å²) in [5.74, 6) is -0.189. The Hall–Kier alpha value is -2.34. The molecule has 0 atom stereocenters. The molecule has 0 bridgehead atoms. The molecule has 6 heteroatoms. The summed E-state index contributed by atoms with van der Waals surface area (Å²) >= 11 is 1.05. The summed E-state index contributed by atoms with van der Waals surface area (Å²) in [5, 5.41) is 3.91. The van der Waals surface area contributed by atoms with Crippen LogP contribution in [0.5, 0.6) is 0 Å². The number of carbonyl (C=O) groups excluding carboxylic acids is 2. The normalized spacial score (nSPS) is 15.3. The van der Waals surface area contributed by atoms with Gasteiger partial charge in [0, 0.05) is 12.6 Å². The molecule has 136 valence electrons. The standard InChI is InChI=1S/C20H23N3O2S/c1-15-19(26-22-21-15)20(25)23(14-17-10-6-3-7-11-17)18(24)13-12-16-8-4-2-5-9-16/h2,4-5,8-9,12-13,17H,3,6-7,10-11,14H2,1H3. The zero-order valence-corrected chi connectivity index (χ0v) is 15.7. The van der Waals surface area contributed by atoms with Gasteiger partial charge < -0.3 is 0 Å². The van der Waals surface area contributed by atoms with Gasteiger partial charge in [-0.2, -0.15) is 0 Å². The number of carbonyl (C=O) groups is 2. The van der Waals surface area contributed by atoms with Gasteiger partial charge in [-0.3, -0.25) is 14.5 Å². The predicted octanol–water partition coefficient (Wildman–Crippen LogP) is 4.11. The maximum atomic E-state index is 13.0. The number of hydrogen-bond acceptors (Lipinski definition) is 5. The van der Waals surface area contributed by atoms with Crippen molar-refractivity contribution in [3.8, 4) is 0 Å². The molecule has 0 saturated heterocycles. The van der Waals surface area contributed by atoms with Crippen molar-refractivity contribution in [2.75, 3.05) is 6.54 Å². The first-order valence-electron chi connectivity index (χ1n) is 9.03. The van der Waals surface area contributed by atoms with E-state index in [0.29, 0.717) is 23.0 Å². The van der Waals surface area contributed by atoms with E-state index in [1.807, 2.05) is 30.3 Å². The smallest absolute Gasteiger partial charge is 0.274 e. The fraction of sp³-hybridized carbons (Fsp3) is 0.400. The summed E-state index contributed by atoms with van der Waals surface area (Å²) < 4.78 is 3.84. The molecule has 0 unspecified atom stereocenters. The number of nitrogens with zero attached hydrogens (tertiary/aromatic N) is 3. The van der Waals surface area contributed by atoms with E-state index < -0.39 is 0 Å². The monoisotopic (exact) mass is 369 g/mol. The largest absolute Gasteiger partial charge is 0.274 e. The van der Waals surface area contributed by atoms with Gasteiger partial charge in [-0.1, -0.05) is 54.1 Å². The first-order valence-corrected chi connectivity index (χ1v) is 9.80. The van der Waals surface area contributed by atoms with Gasteiger partial charge in [0.15, 0.2) is 0 Å². The quantitative estimate of drug-likeness (QED) is 0.744. The van der Waals surface area contributed by atoms with Gasteiger partial charge in [0.2, 0.25) is 0 Å². The van der Waals surface area contributed by atoms with Crippen molar-refractivity contribution >= 4 is 29.4 Å². The molecule has 0 spiro atoms. The molecule has 1 aliphatic rings. The van der Waals surface area contributed by atoms with Crippen LogP contribution >= 0.6 is 11.5 Å². The van der Waals surface area contributed by atoms with E-state index in [4.69, 9.17) is 0 Å². The average molecular weight is 369 g/mol. The van der Waals surface area contributed by atoms with E-state index in [1.54, 1.807) is 13.0 Å².